The zero-order valence-electron chi connectivity index (χ0n) is 20.3. The van der Waals surface area contributed by atoms with E-state index in [1.54, 1.807) is 13.0 Å². The van der Waals surface area contributed by atoms with Crippen molar-refractivity contribution in [3.63, 3.8) is 0 Å². The van der Waals surface area contributed by atoms with E-state index >= 15 is 0 Å². The molecular formula is C22H30N2O11S. The molecule has 0 amide bonds. The number of carbonyl (C=O) groups is 2. The van der Waals surface area contributed by atoms with Crippen LogP contribution < -0.4 is 0 Å². The van der Waals surface area contributed by atoms with E-state index in [1.807, 2.05) is 6.92 Å². The van der Waals surface area contributed by atoms with E-state index in [0.717, 1.165) is 11.8 Å². The summed E-state index contributed by atoms with van der Waals surface area (Å²) in [7, 11) is -4.02. The molecule has 0 radical (unpaired) electrons. The van der Waals surface area contributed by atoms with Crippen molar-refractivity contribution in [3.8, 4) is 0 Å². The molecule has 3 saturated carbocycles. The maximum atomic E-state index is 13.4. The monoisotopic (exact) mass is 530 g/mol. The molecule has 13 nitrogen and oxygen atoms in total. The first-order chi connectivity index (χ1) is 16.6. The van der Waals surface area contributed by atoms with Crippen LogP contribution in [0, 0.1) is 48.8 Å². The molecule has 0 bridgehead atoms. The molecule has 0 heterocycles. The van der Waals surface area contributed by atoms with Crippen molar-refractivity contribution in [1.82, 2.24) is 0 Å². The standard InChI is InChI=1S/C22H30N2O11S/c1-20-8-6-14(25)10-13(20)4-5-15-16-7-9-22(35-24(29)30,18(26)12-33-36(3,31)32)21(16,2)11-17(19(15)20)34-23(27)28/h10,15-17,19H,4-9,11-12H2,1-3H3/t15-,16-,17?,19+,20-,21-,22-/m0/s1. The zero-order chi connectivity index (χ0) is 26.7. The fraction of sp³-hybridized carbons (Fsp3) is 0.818. The van der Waals surface area contributed by atoms with Gasteiger partial charge in [0, 0.05) is 11.8 Å². The Morgan fingerprint density at radius 1 is 1.14 bits per heavy atom. The Balaban J connectivity index is 1.79. The molecule has 14 heteroatoms. The van der Waals surface area contributed by atoms with Gasteiger partial charge < -0.3 is 4.84 Å². The van der Waals surface area contributed by atoms with Crippen LogP contribution in [0.4, 0.5) is 0 Å². The number of hydrogen-bond acceptors (Lipinski definition) is 11. The number of Topliss-reactive ketones (excluding diaryl/α,β-unsaturated/α-hetero) is 1. The van der Waals surface area contributed by atoms with Gasteiger partial charge in [-0.15, -0.1) is 20.2 Å². The van der Waals surface area contributed by atoms with Crippen molar-refractivity contribution in [2.45, 2.75) is 70.5 Å². The highest BCUT2D eigenvalue weighted by molar-refractivity contribution is 7.86. The van der Waals surface area contributed by atoms with E-state index in [9.17, 15) is 38.2 Å². The van der Waals surface area contributed by atoms with Crippen LogP contribution >= 0.6 is 0 Å². The van der Waals surface area contributed by atoms with Gasteiger partial charge in [-0.05, 0) is 67.8 Å². The van der Waals surface area contributed by atoms with Gasteiger partial charge in [0.25, 0.3) is 20.3 Å². The molecule has 7 atom stereocenters. The second-order valence-electron chi connectivity index (χ2n) is 10.9. The molecule has 1 unspecified atom stereocenters. The summed E-state index contributed by atoms with van der Waals surface area (Å²) in [6.45, 7) is 2.68. The highest BCUT2D eigenvalue weighted by Crippen LogP contribution is 2.68. The van der Waals surface area contributed by atoms with Gasteiger partial charge in [-0.25, -0.2) is 0 Å². The minimum absolute atomic E-state index is 0.0176. The smallest absolute Gasteiger partial charge is 0.295 e. The van der Waals surface area contributed by atoms with Crippen molar-refractivity contribution in [2.75, 3.05) is 12.9 Å². The summed E-state index contributed by atoms with van der Waals surface area (Å²) in [4.78, 5) is 59.0. The van der Waals surface area contributed by atoms with Crippen LogP contribution in [0.1, 0.15) is 58.8 Å². The van der Waals surface area contributed by atoms with E-state index in [-0.39, 0.29) is 36.4 Å². The lowest BCUT2D eigenvalue weighted by atomic mass is 9.45. The number of carbonyl (C=O) groups excluding carboxylic acids is 2. The quantitative estimate of drug-likeness (QED) is 0.255. The number of fused-ring (bicyclic) bond motifs is 5. The normalized spacial score (nSPS) is 39.8. The van der Waals surface area contributed by atoms with Crippen molar-refractivity contribution < 1.29 is 42.0 Å². The highest BCUT2D eigenvalue weighted by Gasteiger charge is 2.71. The summed E-state index contributed by atoms with van der Waals surface area (Å²) in [6, 6.07) is 0. The maximum absolute atomic E-state index is 13.4. The first kappa shape index (κ1) is 26.5. The molecule has 0 aliphatic heterocycles. The van der Waals surface area contributed by atoms with Gasteiger partial charge >= 0.3 is 0 Å². The largest absolute Gasteiger partial charge is 0.310 e. The first-order valence-electron chi connectivity index (χ1n) is 11.9. The molecule has 0 N–H and O–H groups in total. The van der Waals surface area contributed by atoms with Crippen molar-refractivity contribution in [1.29, 1.82) is 0 Å². The van der Waals surface area contributed by atoms with Crippen LogP contribution in [0.25, 0.3) is 0 Å². The van der Waals surface area contributed by atoms with Crippen LogP contribution in [-0.4, -0.2) is 54.7 Å². The van der Waals surface area contributed by atoms with Gasteiger partial charge in [-0.1, -0.05) is 19.4 Å². The van der Waals surface area contributed by atoms with Crippen LogP contribution in [-0.2, 0) is 33.6 Å². The predicted octanol–water partition coefficient (Wildman–Crippen LogP) is 2.20. The van der Waals surface area contributed by atoms with Crippen molar-refractivity contribution in [2.24, 2.45) is 28.6 Å². The van der Waals surface area contributed by atoms with E-state index < -0.39 is 55.2 Å². The number of ketones is 2. The van der Waals surface area contributed by atoms with Crippen LogP contribution in [0.3, 0.4) is 0 Å². The average molecular weight is 531 g/mol. The van der Waals surface area contributed by atoms with Gasteiger partial charge in [0.15, 0.2) is 17.2 Å². The predicted molar refractivity (Wildman–Crippen MR) is 121 cm³/mol. The summed E-state index contributed by atoms with van der Waals surface area (Å²) in [5.74, 6) is -1.71. The van der Waals surface area contributed by atoms with Gasteiger partial charge in [-0.2, -0.15) is 8.42 Å². The van der Waals surface area contributed by atoms with Crippen LogP contribution in [0.5, 0.6) is 0 Å². The second-order valence-corrected chi connectivity index (χ2v) is 12.6. The third kappa shape index (κ3) is 4.17. The molecule has 4 aliphatic carbocycles. The number of rotatable bonds is 8. The SMILES string of the molecule is C[C@]12CCC(=O)C=C1CC[C@@H]1[C@@H]2C(O[N+](=O)[O-])C[C@@]2(C)[C@H]1CC[C@]2(O[N+](=O)[O-])C(=O)COS(C)(=O)=O. The Bertz CT molecular complexity index is 1140. The fourth-order valence-electron chi connectivity index (χ4n) is 7.91. The zero-order valence-corrected chi connectivity index (χ0v) is 21.2. The molecule has 4 aliphatic rings. The first-order valence-corrected chi connectivity index (χ1v) is 13.7. The van der Waals surface area contributed by atoms with E-state index in [2.05, 4.69) is 4.18 Å². The minimum atomic E-state index is -4.02. The minimum Gasteiger partial charge on any atom is -0.310 e. The molecule has 0 saturated heterocycles. The second kappa shape index (κ2) is 8.75. The number of hydrogen-bond donors (Lipinski definition) is 0. The third-order valence-electron chi connectivity index (χ3n) is 9.30. The summed E-state index contributed by atoms with van der Waals surface area (Å²) >= 11 is 0. The number of nitrogens with zero attached hydrogens (tertiary/aromatic N) is 2. The molecule has 0 spiro atoms. The molecular weight excluding hydrogens is 500 g/mol. The molecule has 0 aromatic carbocycles. The molecule has 200 valence electrons. The Kier molecular flexibility index (Phi) is 6.43. The van der Waals surface area contributed by atoms with Gasteiger partial charge in [0.05, 0.1) is 6.26 Å². The summed E-state index contributed by atoms with van der Waals surface area (Å²) < 4.78 is 27.7. The van der Waals surface area contributed by atoms with E-state index in [0.29, 0.717) is 32.1 Å². The van der Waals surface area contributed by atoms with Crippen molar-refractivity contribution >= 4 is 21.7 Å². The summed E-state index contributed by atoms with van der Waals surface area (Å²) in [6.07, 6.45) is 3.59. The molecule has 4 rings (SSSR count). The van der Waals surface area contributed by atoms with Crippen molar-refractivity contribution in [3.05, 3.63) is 31.9 Å². The Hall–Kier alpha value is -2.61. The number of allylic oxidation sites excluding steroid dienone is 1. The lowest BCUT2D eigenvalue weighted by Crippen LogP contribution is -2.63. The Labute approximate surface area is 207 Å². The van der Waals surface area contributed by atoms with Crippen LogP contribution in [0.2, 0.25) is 0 Å². The maximum Gasteiger partial charge on any atom is 0.295 e. The molecule has 0 aromatic heterocycles. The van der Waals surface area contributed by atoms with Gasteiger partial charge in [-0.3, -0.25) is 18.6 Å². The van der Waals surface area contributed by atoms with Gasteiger partial charge in [0.2, 0.25) is 0 Å². The van der Waals surface area contributed by atoms with E-state index in [1.165, 1.54) is 0 Å². The lowest BCUT2D eigenvalue weighted by Gasteiger charge is -2.60. The average Bonchev–Trinajstić information content (AvgIpc) is 3.03. The molecule has 0 aromatic rings. The van der Waals surface area contributed by atoms with Crippen LogP contribution in [0.15, 0.2) is 11.6 Å². The van der Waals surface area contributed by atoms with Gasteiger partial charge in [0.1, 0.15) is 12.7 Å². The summed E-state index contributed by atoms with van der Waals surface area (Å²) in [5, 5.41) is 21.2. The summed E-state index contributed by atoms with van der Waals surface area (Å²) in [5.41, 5.74) is -2.91. The van der Waals surface area contributed by atoms with E-state index in [4.69, 9.17) is 9.68 Å². The fourth-order valence-corrected chi connectivity index (χ4v) is 8.23. The Morgan fingerprint density at radius 2 is 1.83 bits per heavy atom. The Morgan fingerprint density at radius 3 is 2.44 bits per heavy atom. The highest BCUT2D eigenvalue weighted by atomic mass is 32.2. The molecule has 36 heavy (non-hydrogen) atoms. The molecule has 3 fully saturated rings. The lowest BCUT2D eigenvalue weighted by molar-refractivity contribution is -0.784. The topological polar surface area (TPSA) is 182 Å². The third-order valence-corrected chi connectivity index (χ3v) is 9.85.